The van der Waals surface area contributed by atoms with Crippen LogP contribution in [-0.2, 0) is 0 Å². The van der Waals surface area contributed by atoms with Gasteiger partial charge in [0.1, 0.15) is 0 Å². The van der Waals surface area contributed by atoms with E-state index in [0.717, 1.165) is 18.9 Å². The molecule has 0 unspecified atom stereocenters. The van der Waals surface area contributed by atoms with Gasteiger partial charge in [-0.25, -0.2) is 0 Å². The van der Waals surface area contributed by atoms with E-state index < -0.39 is 0 Å². The number of thiocarbonyl (C=S) groups is 2. The van der Waals surface area contributed by atoms with E-state index in [4.69, 9.17) is 24.4 Å². The highest BCUT2D eigenvalue weighted by atomic mass is 32.1. The molecule has 3 atom stereocenters. The molecule has 0 bridgehead atoms. The third-order valence-corrected chi connectivity index (χ3v) is 4.31. The summed E-state index contributed by atoms with van der Waals surface area (Å²) in [5.41, 5.74) is 5.84. The Balaban J connectivity index is 2.25. The smallest absolute Gasteiger partial charge is 0.185 e. The Morgan fingerprint density at radius 1 is 1.11 bits per heavy atom. The molecule has 0 radical (unpaired) electrons. The van der Waals surface area contributed by atoms with Crippen molar-refractivity contribution >= 4 is 34.7 Å². The maximum Gasteiger partial charge on any atom is 0.185 e. The first-order valence-electron chi connectivity index (χ1n) is 7.15. The fourth-order valence-corrected chi connectivity index (χ4v) is 2.74. The maximum atomic E-state index is 5.29. The maximum absolute atomic E-state index is 5.29. The molecule has 1 aliphatic carbocycles. The van der Waals surface area contributed by atoms with Crippen molar-refractivity contribution in [2.24, 2.45) is 11.8 Å². The van der Waals surface area contributed by atoms with Gasteiger partial charge in [-0.05, 0) is 49.1 Å². The zero-order valence-electron chi connectivity index (χ0n) is 12.1. The van der Waals surface area contributed by atoms with Gasteiger partial charge in [-0.1, -0.05) is 33.6 Å². The normalized spacial score (nSPS) is 26.4. The monoisotopic (exact) mass is 302 g/mol. The lowest BCUT2D eigenvalue weighted by Crippen LogP contribution is -2.54. The largest absolute Gasteiger partial charge is 0.361 e. The fraction of sp³-hybridized carbons (Fsp3) is 0.846. The predicted octanol–water partition coefficient (Wildman–Crippen LogP) is 2.06. The Bertz CT molecular complexity index is 309. The molecule has 0 aromatic heterocycles. The van der Waals surface area contributed by atoms with Crippen LogP contribution < -0.4 is 21.5 Å². The van der Waals surface area contributed by atoms with Crippen LogP contribution in [0.2, 0.25) is 0 Å². The first-order chi connectivity index (χ1) is 9.04. The molecule has 1 aliphatic rings. The van der Waals surface area contributed by atoms with Gasteiger partial charge in [-0.15, -0.1) is 0 Å². The number of hydrogen-bond acceptors (Lipinski definition) is 2. The molecular weight excluding hydrogens is 276 g/mol. The molecule has 0 heterocycles. The molecule has 0 saturated heterocycles. The predicted molar refractivity (Wildman–Crippen MR) is 88.9 cm³/mol. The van der Waals surface area contributed by atoms with Crippen molar-refractivity contribution in [1.82, 2.24) is 21.5 Å². The van der Waals surface area contributed by atoms with E-state index in [2.05, 4.69) is 42.3 Å². The third kappa shape index (κ3) is 5.91. The van der Waals surface area contributed by atoms with Crippen molar-refractivity contribution in [3.05, 3.63) is 0 Å². The minimum atomic E-state index is 0.461. The summed E-state index contributed by atoms with van der Waals surface area (Å²) >= 11 is 10.4. The topological polar surface area (TPSA) is 48.1 Å². The minimum absolute atomic E-state index is 0.461. The highest BCUT2D eigenvalue weighted by Gasteiger charge is 2.27. The molecule has 19 heavy (non-hydrogen) atoms. The summed E-state index contributed by atoms with van der Waals surface area (Å²) in [7, 11) is 0. The van der Waals surface area contributed by atoms with E-state index in [1.54, 1.807) is 0 Å². The number of nitrogens with one attached hydrogen (secondary N) is 4. The Labute approximate surface area is 127 Å². The molecule has 0 spiro atoms. The van der Waals surface area contributed by atoms with Gasteiger partial charge in [0.25, 0.3) is 0 Å². The molecule has 1 rings (SSSR count). The van der Waals surface area contributed by atoms with Crippen molar-refractivity contribution in [1.29, 1.82) is 0 Å². The third-order valence-electron chi connectivity index (χ3n) is 3.85. The second-order valence-electron chi connectivity index (χ2n) is 5.35. The number of hydrazine groups is 1. The number of rotatable bonds is 3. The van der Waals surface area contributed by atoms with Gasteiger partial charge in [-0.3, -0.25) is 10.9 Å². The van der Waals surface area contributed by atoms with Gasteiger partial charge in [0, 0.05) is 12.6 Å². The zero-order chi connectivity index (χ0) is 14.3. The molecular formula is C13H26N4S2. The summed E-state index contributed by atoms with van der Waals surface area (Å²) in [4.78, 5) is 0. The van der Waals surface area contributed by atoms with Gasteiger partial charge in [0.15, 0.2) is 10.2 Å². The standard InChI is InChI=1S/C13H26N4S2/c1-4-8-14-12(18)16-17-13(19)15-11-7-5-6-9(2)10(11)3/h9-11H,4-8H2,1-3H3,(H2,14,16,18)(H2,15,17,19)/t9-,10+,11-/m1/s1. The second-order valence-corrected chi connectivity index (χ2v) is 6.17. The van der Waals surface area contributed by atoms with Crippen LogP contribution in [0.25, 0.3) is 0 Å². The molecule has 0 aromatic carbocycles. The van der Waals surface area contributed by atoms with Crippen molar-refractivity contribution in [2.45, 2.75) is 52.5 Å². The van der Waals surface area contributed by atoms with Crippen LogP contribution in [0.15, 0.2) is 0 Å². The summed E-state index contributed by atoms with van der Waals surface area (Å²) in [6.45, 7) is 7.58. The van der Waals surface area contributed by atoms with Gasteiger partial charge in [0.2, 0.25) is 0 Å². The van der Waals surface area contributed by atoms with Crippen LogP contribution in [0.1, 0.15) is 46.5 Å². The molecule has 0 aliphatic heterocycles. The SMILES string of the molecule is CCCNC(=S)NNC(=S)N[C@@H]1CCC[C@@H](C)[C@@H]1C. The molecule has 110 valence electrons. The molecule has 4 nitrogen and oxygen atoms in total. The quantitative estimate of drug-likeness (QED) is 0.473. The molecule has 4 N–H and O–H groups in total. The highest BCUT2D eigenvalue weighted by molar-refractivity contribution is 7.80. The van der Waals surface area contributed by atoms with Crippen molar-refractivity contribution in [3.63, 3.8) is 0 Å². The molecule has 1 fully saturated rings. The summed E-state index contributed by atoms with van der Waals surface area (Å²) in [5, 5.41) is 7.66. The van der Waals surface area contributed by atoms with E-state index in [1.165, 1.54) is 19.3 Å². The lowest BCUT2D eigenvalue weighted by molar-refractivity contribution is 0.224. The average molecular weight is 303 g/mol. The second kappa shape index (κ2) is 8.53. The van der Waals surface area contributed by atoms with E-state index >= 15 is 0 Å². The van der Waals surface area contributed by atoms with Gasteiger partial charge < -0.3 is 10.6 Å². The first kappa shape index (κ1) is 16.4. The van der Waals surface area contributed by atoms with Crippen LogP contribution >= 0.6 is 24.4 Å². The summed E-state index contributed by atoms with van der Waals surface area (Å²) in [6.07, 6.45) is 4.83. The Kier molecular flexibility index (Phi) is 7.38. The van der Waals surface area contributed by atoms with Gasteiger partial charge >= 0.3 is 0 Å². The molecule has 0 amide bonds. The van der Waals surface area contributed by atoms with E-state index in [0.29, 0.717) is 22.2 Å². The highest BCUT2D eigenvalue weighted by Crippen LogP contribution is 2.29. The first-order valence-corrected chi connectivity index (χ1v) is 7.96. The lowest BCUT2D eigenvalue weighted by Gasteiger charge is -2.35. The van der Waals surface area contributed by atoms with Crippen molar-refractivity contribution < 1.29 is 0 Å². The number of hydrogen-bond donors (Lipinski definition) is 4. The molecule has 1 saturated carbocycles. The van der Waals surface area contributed by atoms with E-state index in [9.17, 15) is 0 Å². The summed E-state index contributed by atoms with van der Waals surface area (Å²) in [5.74, 6) is 1.41. The van der Waals surface area contributed by atoms with E-state index in [1.807, 2.05) is 0 Å². The minimum Gasteiger partial charge on any atom is -0.361 e. The molecule has 0 aromatic rings. The van der Waals surface area contributed by atoms with Crippen molar-refractivity contribution in [2.75, 3.05) is 6.54 Å². The summed E-state index contributed by atoms with van der Waals surface area (Å²) < 4.78 is 0. The van der Waals surface area contributed by atoms with Crippen LogP contribution in [-0.4, -0.2) is 22.8 Å². The Hall–Kier alpha value is -0.620. The zero-order valence-corrected chi connectivity index (χ0v) is 13.7. The van der Waals surface area contributed by atoms with Gasteiger partial charge in [0.05, 0.1) is 0 Å². The van der Waals surface area contributed by atoms with Crippen LogP contribution in [0.3, 0.4) is 0 Å². The average Bonchev–Trinajstić information content (AvgIpc) is 2.39. The summed E-state index contributed by atoms with van der Waals surface area (Å²) in [6, 6.07) is 0.461. The van der Waals surface area contributed by atoms with Crippen LogP contribution in [0.5, 0.6) is 0 Å². The van der Waals surface area contributed by atoms with Crippen LogP contribution in [0.4, 0.5) is 0 Å². The Morgan fingerprint density at radius 2 is 1.79 bits per heavy atom. The van der Waals surface area contributed by atoms with Crippen LogP contribution in [0, 0.1) is 11.8 Å². The molecule has 6 heteroatoms. The van der Waals surface area contributed by atoms with E-state index in [-0.39, 0.29) is 0 Å². The Morgan fingerprint density at radius 3 is 2.47 bits per heavy atom. The van der Waals surface area contributed by atoms with Crippen molar-refractivity contribution in [3.8, 4) is 0 Å². The van der Waals surface area contributed by atoms with Gasteiger partial charge in [-0.2, -0.15) is 0 Å². The fourth-order valence-electron chi connectivity index (χ4n) is 2.39. The lowest BCUT2D eigenvalue weighted by atomic mass is 9.78.